The number of hydrogen-bond acceptors (Lipinski definition) is 4. The third kappa shape index (κ3) is 5.80. The highest BCUT2D eigenvalue weighted by atomic mass is 16.7. The molecule has 0 aliphatic heterocycles. The quantitative estimate of drug-likeness (QED) is 0.528. The van der Waals surface area contributed by atoms with Crippen molar-refractivity contribution in [1.29, 1.82) is 0 Å². The summed E-state index contributed by atoms with van der Waals surface area (Å²) in [6.07, 6.45) is 0. The molecule has 0 saturated heterocycles. The van der Waals surface area contributed by atoms with Crippen molar-refractivity contribution in [3.05, 3.63) is 23.8 Å². The lowest BCUT2D eigenvalue weighted by Crippen LogP contribution is -2.19. The first-order chi connectivity index (χ1) is 9.69. The van der Waals surface area contributed by atoms with E-state index in [1.165, 1.54) is 0 Å². The zero-order valence-corrected chi connectivity index (χ0v) is 13.1. The Morgan fingerprint density at radius 2 is 1.90 bits per heavy atom. The third-order valence-electron chi connectivity index (χ3n) is 2.72. The van der Waals surface area contributed by atoms with Gasteiger partial charge in [-0.1, -0.05) is 26.0 Å². The maximum Gasteiger partial charge on any atom is 0.189 e. The van der Waals surface area contributed by atoms with Crippen LogP contribution in [-0.2, 0) is 11.3 Å². The van der Waals surface area contributed by atoms with Crippen LogP contribution >= 0.6 is 0 Å². The molecule has 0 atom stereocenters. The number of ether oxygens (including phenoxy) is 3. The predicted molar refractivity (Wildman–Crippen MR) is 81.3 cm³/mol. The minimum absolute atomic E-state index is 0.248. The first kappa shape index (κ1) is 16.8. The fourth-order valence-electron chi connectivity index (χ4n) is 1.81. The Bertz CT molecular complexity index is 380. The van der Waals surface area contributed by atoms with Gasteiger partial charge in [0, 0.05) is 18.7 Å². The summed E-state index contributed by atoms with van der Waals surface area (Å²) < 4.78 is 16.6. The molecule has 0 unspecified atom stereocenters. The number of para-hydroxylation sites is 1. The lowest BCUT2D eigenvalue weighted by atomic mass is 10.1. The second-order valence-electron chi connectivity index (χ2n) is 4.96. The second-order valence-corrected chi connectivity index (χ2v) is 4.96. The molecule has 1 rings (SSSR count). The number of rotatable bonds is 10. The van der Waals surface area contributed by atoms with Gasteiger partial charge in [-0.05, 0) is 32.4 Å². The van der Waals surface area contributed by atoms with Crippen molar-refractivity contribution >= 4 is 0 Å². The molecular formula is C16H27NO3. The van der Waals surface area contributed by atoms with Crippen LogP contribution in [0.3, 0.4) is 0 Å². The summed E-state index contributed by atoms with van der Waals surface area (Å²) >= 11 is 0. The zero-order valence-electron chi connectivity index (χ0n) is 13.1. The van der Waals surface area contributed by atoms with Crippen LogP contribution in [0.1, 0.15) is 33.3 Å². The van der Waals surface area contributed by atoms with E-state index < -0.39 is 0 Å². The molecule has 0 heterocycles. The minimum atomic E-state index is 0.248. The van der Waals surface area contributed by atoms with Gasteiger partial charge in [0.1, 0.15) is 0 Å². The fraction of sp³-hybridized carbons (Fsp3) is 0.625. The van der Waals surface area contributed by atoms with Gasteiger partial charge in [0.2, 0.25) is 0 Å². The Labute approximate surface area is 122 Å². The van der Waals surface area contributed by atoms with Gasteiger partial charge in [-0.2, -0.15) is 0 Å². The van der Waals surface area contributed by atoms with E-state index in [2.05, 4.69) is 25.2 Å². The molecular weight excluding hydrogens is 254 g/mol. The fourth-order valence-corrected chi connectivity index (χ4v) is 1.81. The zero-order chi connectivity index (χ0) is 14.8. The van der Waals surface area contributed by atoms with Crippen LogP contribution in [0.15, 0.2) is 18.2 Å². The average molecular weight is 281 g/mol. The van der Waals surface area contributed by atoms with E-state index in [4.69, 9.17) is 14.2 Å². The van der Waals surface area contributed by atoms with Crippen molar-refractivity contribution in [2.24, 2.45) is 5.92 Å². The van der Waals surface area contributed by atoms with E-state index in [1.807, 2.05) is 26.0 Å². The van der Waals surface area contributed by atoms with Crippen LogP contribution in [-0.4, -0.2) is 26.6 Å². The summed E-state index contributed by atoms with van der Waals surface area (Å²) in [7, 11) is 0. The predicted octanol–water partition coefficient (Wildman–Crippen LogP) is 3.20. The molecule has 0 radical (unpaired) electrons. The lowest BCUT2D eigenvalue weighted by Gasteiger charge is -2.16. The summed E-state index contributed by atoms with van der Waals surface area (Å²) in [5, 5.41) is 3.42. The monoisotopic (exact) mass is 281 g/mol. The second kappa shape index (κ2) is 9.61. The van der Waals surface area contributed by atoms with Crippen LogP contribution in [0.5, 0.6) is 11.5 Å². The van der Waals surface area contributed by atoms with Gasteiger partial charge < -0.3 is 19.5 Å². The van der Waals surface area contributed by atoms with Gasteiger partial charge in [-0.25, -0.2) is 0 Å². The standard InChI is InChI=1S/C16H27NO3/c1-5-18-12-20-16-14(11-17-10-13(3)4)8-7-9-15(16)19-6-2/h7-9,13,17H,5-6,10-12H2,1-4H3. The van der Waals surface area contributed by atoms with Crippen LogP contribution < -0.4 is 14.8 Å². The van der Waals surface area contributed by atoms with E-state index in [9.17, 15) is 0 Å². The van der Waals surface area contributed by atoms with E-state index in [0.717, 1.165) is 30.2 Å². The summed E-state index contributed by atoms with van der Waals surface area (Å²) in [4.78, 5) is 0. The molecule has 0 bridgehead atoms. The first-order valence-corrected chi connectivity index (χ1v) is 7.34. The van der Waals surface area contributed by atoms with Crippen molar-refractivity contribution in [2.45, 2.75) is 34.2 Å². The SMILES string of the molecule is CCOCOc1c(CNCC(C)C)cccc1OCC. The van der Waals surface area contributed by atoms with Crippen LogP contribution in [0.2, 0.25) is 0 Å². The van der Waals surface area contributed by atoms with E-state index >= 15 is 0 Å². The molecule has 0 aliphatic carbocycles. The topological polar surface area (TPSA) is 39.7 Å². The van der Waals surface area contributed by atoms with Crippen LogP contribution in [0.25, 0.3) is 0 Å². The average Bonchev–Trinajstić information content (AvgIpc) is 2.41. The van der Waals surface area contributed by atoms with Crippen molar-refractivity contribution in [2.75, 3.05) is 26.6 Å². The Balaban J connectivity index is 2.75. The molecule has 114 valence electrons. The third-order valence-corrected chi connectivity index (χ3v) is 2.72. The molecule has 0 spiro atoms. The smallest absolute Gasteiger partial charge is 0.189 e. The van der Waals surface area contributed by atoms with Crippen LogP contribution in [0.4, 0.5) is 0 Å². The number of nitrogens with one attached hydrogen (secondary N) is 1. The molecule has 1 N–H and O–H groups in total. The molecule has 0 amide bonds. The van der Waals surface area contributed by atoms with Gasteiger partial charge in [0.25, 0.3) is 0 Å². The summed E-state index contributed by atoms with van der Waals surface area (Å²) in [6, 6.07) is 5.97. The highest BCUT2D eigenvalue weighted by molar-refractivity contribution is 5.46. The van der Waals surface area contributed by atoms with Crippen molar-refractivity contribution in [3.63, 3.8) is 0 Å². The summed E-state index contributed by atoms with van der Waals surface area (Å²) in [5.74, 6) is 2.17. The number of hydrogen-bond donors (Lipinski definition) is 1. The van der Waals surface area contributed by atoms with Crippen molar-refractivity contribution in [1.82, 2.24) is 5.32 Å². The maximum absolute atomic E-state index is 5.73. The highest BCUT2D eigenvalue weighted by Crippen LogP contribution is 2.31. The molecule has 4 heteroatoms. The van der Waals surface area contributed by atoms with Gasteiger partial charge in [0.05, 0.1) is 6.61 Å². The summed E-state index contributed by atoms with van der Waals surface area (Å²) in [6.45, 7) is 11.5. The molecule has 0 aliphatic rings. The molecule has 4 nitrogen and oxygen atoms in total. The van der Waals surface area contributed by atoms with Gasteiger partial charge in [-0.3, -0.25) is 0 Å². The van der Waals surface area contributed by atoms with E-state index in [1.54, 1.807) is 0 Å². The molecule has 1 aromatic rings. The van der Waals surface area contributed by atoms with Crippen molar-refractivity contribution < 1.29 is 14.2 Å². The van der Waals surface area contributed by atoms with E-state index in [0.29, 0.717) is 19.1 Å². The maximum atomic E-state index is 5.73. The molecule has 0 fully saturated rings. The van der Waals surface area contributed by atoms with Gasteiger partial charge >= 0.3 is 0 Å². The Morgan fingerprint density at radius 3 is 2.55 bits per heavy atom. The van der Waals surface area contributed by atoms with Crippen molar-refractivity contribution in [3.8, 4) is 11.5 Å². The highest BCUT2D eigenvalue weighted by Gasteiger charge is 2.11. The summed E-state index contributed by atoms with van der Waals surface area (Å²) in [5.41, 5.74) is 1.09. The largest absolute Gasteiger partial charge is 0.490 e. The number of benzene rings is 1. The lowest BCUT2D eigenvalue weighted by molar-refractivity contribution is 0.0199. The molecule has 0 aromatic heterocycles. The first-order valence-electron chi connectivity index (χ1n) is 7.34. The Morgan fingerprint density at radius 1 is 1.10 bits per heavy atom. The van der Waals surface area contributed by atoms with E-state index in [-0.39, 0.29) is 6.79 Å². The molecule has 0 saturated carbocycles. The molecule has 1 aromatic carbocycles. The normalized spacial score (nSPS) is 10.8. The van der Waals surface area contributed by atoms with Gasteiger partial charge in [-0.15, -0.1) is 0 Å². The Hall–Kier alpha value is -1.26. The van der Waals surface area contributed by atoms with Gasteiger partial charge in [0.15, 0.2) is 18.3 Å². The van der Waals surface area contributed by atoms with Crippen LogP contribution in [0, 0.1) is 5.92 Å². The molecule has 20 heavy (non-hydrogen) atoms. The Kier molecular flexibility index (Phi) is 8.07. The minimum Gasteiger partial charge on any atom is -0.490 e.